The topological polar surface area (TPSA) is 46.2 Å². The molecule has 2 saturated heterocycles. The lowest BCUT2D eigenvalue weighted by Crippen LogP contribution is -2.51. The van der Waals surface area contributed by atoms with E-state index in [2.05, 4.69) is 13.8 Å². The van der Waals surface area contributed by atoms with Crippen LogP contribution in [-0.2, 0) is 23.7 Å². The monoisotopic (exact) mass is 350 g/mol. The quantitative estimate of drug-likeness (QED) is 0.446. The fourth-order valence-corrected chi connectivity index (χ4v) is 3.30. The Morgan fingerprint density at radius 3 is 2.35 bits per heavy atom. The van der Waals surface area contributed by atoms with Crippen molar-refractivity contribution < 1.29 is 23.7 Å². The highest BCUT2D eigenvalue weighted by molar-refractivity contribution is 6.18. The predicted molar refractivity (Wildman–Crippen MR) is 88.7 cm³/mol. The lowest BCUT2D eigenvalue weighted by molar-refractivity contribution is -0.247. The minimum absolute atomic E-state index is 0.268. The van der Waals surface area contributed by atoms with Crippen molar-refractivity contribution in [3.63, 3.8) is 0 Å². The summed E-state index contributed by atoms with van der Waals surface area (Å²) in [7, 11) is 0. The van der Waals surface area contributed by atoms with E-state index >= 15 is 0 Å². The van der Waals surface area contributed by atoms with Crippen LogP contribution >= 0.6 is 11.6 Å². The molecule has 2 heterocycles. The van der Waals surface area contributed by atoms with Crippen LogP contribution in [0.4, 0.5) is 0 Å². The fourth-order valence-electron chi connectivity index (χ4n) is 3.01. The Kier molecular flexibility index (Phi) is 7.14. The minimum Gasteiger partial charge on any atom is -0.378 e. The number of rotatable bonds is 10. The van der Waals surface area contributed by atoms with Crippen molar-refractivity contribution in [3.8, 4) is 0 Å². The van der Waals surface area contributed by atoms with Gasteiger partial charge in [0.1, 0.15) is 17.8 Å². The number of hydrogen-bond acceptors (Lipinski definition) is 5. The molecular weight excluding hydrogens is 320 g/mol. The van der Waals surface area contributed by atoms with Gasteiger partial charge in [0.05, 0.1) is 12.5 Å². The van der Waals surface area contributed by atoms with Crippen LogP contribution in [0.3, 0.4) is 0 Å². The van der Waals surface area contributed by atoms with E-state index in [1.807, 2.05) is 13.8 Å². The van der Waals surface area contributed by atoms with E-state index < -0.39 is 17.7 Å². The Hall–Kier alpha value is 0.0900. The van der Waals surface area contributed by atoms with Crippen LogP contribution < -0.4 is 0 Å². The van der Waals surface area contributed by atoms with Crippen molar-refractivity contribution in [2.75, 3.05) is 25.7 Å². The Labute approximate surface area is 144 Å². The molecule has 0 aromatic rings. The summed E-state index contributed by atoms with van der Waals surface area (Å²) in [5.41, 5.74) is -0.713. The highest BCUT2D eigenvalue weighted by Gasteiger charge is 2.62. The SMILES string of the molecule is CCCCOC[C@@]1(CCl)O[C@@H]2OC(C)(C)O[C@@H]2[C@@H]1OCCCC. The summed E-state index contributed by atoms with van der Waals surface area (Å²) in [6, 6.07) is 0. The maximum atomic E-state index is 6.27. The highest BCUT2D eigenvalue weighted by Crippen LogP contribution is 2.44. The average Bonchev–Trinajstić information content (AvgIpc) is 2.94. The summed E-state index contributed by atoms with van der Waals surface area (Å²) in [4.78, 5) is 0. The maximum absolute atomic E-state index is 6.27. The molecule has 0 radical (unpaired) electrons. The third kappa shape index (κ3) is 4.59. The number of fused-ring (bicyclic) bond motifs is 1. The zero-order chi connectivity index (χ0) is 16.9. The zero-order valence-electron chi connectivity index (χ0n) is 14.8. The number of alkyl halides is 1. The van der Waals surface area contributed by atoms with Gasteiger partial charge in [-0.1, -0.05) is 26.7 Å². The molecule has 0 N–H and O–H groups in total. The van der Waals surface area contributed by atoms with Crippen molar-refractivity contribution in [3.05, 3.63) is 0 Å². The van der Waals surface area contributed by atoms with Gasteiger partial charge < -0.3 is 23.7 Å². The van der Waals surface area contributed by atoms with E-state index in [1.54, 1.807) is 0 Å². The molecule has 2 aliphatic heterocycles. The van der Waals surface area contributed by atoms with Gasteiger partial charge in [0.15, 0.2) is 12.1 Å². The van der Waals surface area contributed by atoms with Crippen LogP contribution in [0.2, 0.25) is 0 Å². The molecule has 0 spiro atoms. The standard InChI is InChI=1S/C17H31ClO5/c1-5-7-9-19-12-17(11-18)14(20-10-8-6-2)13-15(23-17)22-16(3,4)21-13/h13-15H,5-12H2,1-4H3/t13-,14+,15+,17-/m1/s1. The predicted octanol–water partition coefficient (Wildman–Crippen LogP) is 3.47. The second-order valence-corrected chi connectivity index (χ2v) is 7.10. The van der Waals surface area contributed by atoms with E-state index in [4.69, 9.17) is 35.3 Å². The first kappa shape index (κ1) is 19.4. The first-order valence-corrected chi connectivity index (χ1v) is 9.30. The molecule has 23 heavy (non-hydrogen) atoms. The molecule has 0 aliphatic carbocycles. The van der Waals surface area contributed by atoms with Gasteiger partial charge in [-0.25, -0.2) is 0 Å². The molecule has 5 nitrogen and oxygen atoms in total. The molecule has 4 atom stereocenters. The summed E-state index contributed by atoms with van der Waals surface area (Å²) in [6.07, 6.45) is 3.18. The van der Waals surface area contributed by atoms with Gasteiger partial charge in [-0.05, 0) is 26.7 Å². The molecule has 2 fully saturated rings. The summed E-state index contributed by atoms with van der Waals surface area (Å²) in [5.74, 6) is -0.376. The summed E-state index contributed by atoms with van der Waals surface area (Å²) in [6.45, 7) is 9.80. The van der Waals surface area contributed by atoms with Gasteiger partial charge in [-0.15, -0.1) is 11.6 Å². The average molecular weight is 351 g/mol. The van der Waals surface area contributed by atoms with Crippen LogP contribution in [0.15, 0.2) is 0 Å². The van der Waals surface area contributed by atoms with E-state index in [0.717, 1.165) is 25.7 Å². The van der Waals surface area contributed by atoms with Gasteiger partial charge in [0, 0.05) is 13.2 Å². The van der Waals surface area contributed by atoms with Crippen LogP contribution in [0.5, 0.6) is 0 Å². The van der Waals surface area contributed by atoms with Crippen molar-refractivity contribution in [2.45, 2.75) is 83.3 Å². The first-order chi connectivity index (χ1) is 11.0. The van der Waals surface area contributed by atoms with Crippen molar-refractivity contribution in [1.82, 2.24) is 0 Å². The Morgan fingerprint density at radius 1 is 1.00 bits per heavy atom. The Morgan fingerprint density at radius 2 is 1.70 bits per heavy atom. The van der Waals surface area contributed by atoms with E-state index in [0.29, 0.717) is 19.8 Å². The van der Waals surface area contributed by atoms with Gasteiger partial charge in [0.2, 0.25) is 0 Å². The lowest BCUT2D eigenvalue weighted by Gasteiger charge is -2.35. The highest BCUT2D eigenvalue weighted by atomic mass is 35.5. The number of unbranched alkanes of at least 4 members (excludes halogenated alkanes) is 2. The maximum Gasteiger partial charge on any atom is 0.190 e. The third-order valence-electron chi connectivity index (χ3n) is 4.27. The largest absolute Gasteiger partial charge is 0.378 e. The van der Waals surface area contributed by atoms with Crippen molar-refractivity contribution in [1.29, 1.82) is 0 Å². The van der Waals surface area contributed by atoms with Crippen LogP contribution in [0.1, 0.15) is 53.4 Å². The second kappa shape index (κ2) is 8.45. The number of halogens is 1. The molecule has 2 rings (SSSR count). The van der Waals surface area contributed by atoms with E-state index in [-0.39, 0.29) is 18.1 Å². The third-order valence-corrected chi connectivity index (χ3v) is 4.72. The van der Waals surface area contributed by atoms with Crippen LogP contribution in [-0.4, -0.2) is 55.6 Å². The summed E-state index contributed by atoms with van der Waals surface area (Å²) >= 11 is 6.27. The normalized spacial score (nSPS) is 35.6. The molecule has 0 saturated carbocycles. The smallest absolute Gasteiger partial charge is 0.190 e. The molecule has 0 unspecified atom stereocenters. The molecule has 2 aliphatic rings. The van der Waals surface area contributed by atoms with Gasteiger partial charge in [0.25, 0.3) is 0 Å². The van der Waals surface area contributed by atoms with Crippen molar-refractivity contribution >= 4 is 11.6 Å². The Bertz CT molecular complexity index is 365. The van der Waals surface area contributed by atoms with E-state index in [9.17, 15) is 0 Å². The second-order valence-electron chi connectivity index (χ2n) is 6.84. The van der Waals surface area contributed by atoms with Gasteiger partial charge >= 0.3 is 0 Å². The molecule has 0 aromatic heterocycles. The molecule has 136 valence electrons. The minimum atomic E-state index is -0.713. The molecule has 0 bridgehead atoms. The van der Waals surface area contributed by atoms with Crippen LogP contribution in [0, 0.1) is 0 Å². The zero-order valence-corrected chi connectivity index (χ0v) is 15.6. The number of hydrogen-bond donors (Lipinski definition) is 0. The molecule has 6 heteroatoms. The molecule has 0 aromatic carbocycles. The Balaban J connectivity index is 2.05. The van der Waals surface area contributed by atoms with Crippen LogP contribution in [0.25, 0.3) is 0 Å². The first-order valence-electron chi connectivity index (χ1n) is 8.77. The summed E-state index contributed by atoms with van der Waals surface area (Å²) in [5, 5.41) is 0. The lowest BCUT2D eigenvalue weighted by atomic mass is 9.98. The summed E-state index contributed by atoms with van der Waals surface area (Å²) < 4.78 is 29.9. The van der Waals surface area contributed by atoms with E-state index in [1.165, 1.54) is 0 Å². The fraction of sp³-hybridized carbons (Fsp3) is 1.00. The molecular formula is C17H31ClO5. The molecule has 0 amide bonds. The van der Waals surface area contributed by atoms with Gasteiger partial charge in [-0.3, -0.25) is 0 Å². The van der Waals surface area contributed by atoms with Gasteiger partial charge in [-0.2, -0.15) is 0 Å². The number of ether oxygens (including phenoxy) is 5. The van der Waals surface area contributed by atoms with Crippen molar-refractivity contribution in [2.24, 2.45) is 0 Å².